The maximum atomic E-state index is 12.5. The lowest BCUT2D eigenvalue weighted by atomic mass is 10.0. The van der Waals surface area contributed by atoms with Gasteiger partial charge < -0.3 is 4.74 Å². The van der Waals surface area contributed by atoms with Gasteiger partial charge in [-0.2, -0.15) is 0 Å². The number of Topliss-reactive ketones (excluding diaryl/α,β-unsaturated/α-hetero) is 1. The molecule has 1 aromatic heterocycles. The van der Waals surface area contributed by atoms with Crippen LogP contribution in [-0.4, -0.2) is 17.4 Å². The summed E-state index contributed by atoms with van der Waals surface area (Å²) in [6.07, 6.45) is 10.2. The third kappa shape index (κ3) is 5.82. The molecule has 142 valence electrons. The summed E-state index contributed by atoms with van der Waals surface area (Å²) in [6, 6.07) is 3.81. The third-order valence-corrected chi connectivity index (χ3v) is 5.18. The number of rotatable bonds is 10. The number of unbranched alkanes of at least 4 members (excludes halogenated alkanes) is 1. The average Bonchev–Trinajstić information content (AvgIpc) is 3.15. The molecule has 0 radical (unpaired) electrons. The van der Waals surface area contributed by atoms with Crippen LogP contribution in [0.4, 0.5) is 0 Å². The molecule has 1 aliphatic rings. The molecule has 1 aromatic rings. The van der Waals surface area contributed by atoms with E-state index in [1.807, 2.05) is 25.1 Å². The highest BCUT2D eigenvalue weighted by Crippen LogP contribution is 2.28. The first kappa shape index (κ1) is 20.4. The van der Waals surface area contributed by atoms with Crippen LogP contribution in [0.5, 0.6) is 0 Å². The van der Waals surface area contributed by atoms with Gasteiger partial charge >= 0.3 is 0 Å². The zero-order chi connectivity index (χ0) is 18.9. The average molecular weight is 356 g/mol. The fourth-order valence-electron chi connectivity index (χ4n) is 3.59. The van der Waals surface area contributed by atoms with E-state index < -0.39 is 0 Å². The van der Waals surface area contributed by atoms with E-state index in [-0.39, 0.29) is 5.78 Å². The smallest absolute Gasteiger partial charge is 0.163 e. The highest BCUT2D eigenvalue weighted by atomic mass is 16.5. The maximum Gasteiger partial charge on any atom is 0.163 e. The zero-order valence-electron chi connectivity index (χ0n) is 16.6. The first-order valence-electron chi connectivity index (χ1n) is 10.0. The molecule has 0 unspecified atom stereocenters. The van der Waals surface area contributed by atoms with Crippen molar-refractivity contribution in [2.24, 2.45) is 5.92 Å². The predicted octanol–water partition coefficient (Wildman–Crippen LogP) is 6.28. The second kappa shape index (κ2) is 10.3. The van der Waals surface area contributed by atoms with Crippen LogP contribution in [0, 0.1) is 12.8 Å². The monoisotopic (exact) mass is 355 g/mol. The Morgan fingerprint density at radius 1 is 1.35 bits per heavy atom. The Balaban J connectivity index is 2.15. The molecule has 0 bridgehead atoms. The summed E-state index contributed by atoms with van der Waals surface area (Å²) in [5.41, 5.74) is 3.54. The number of aryl methyl sites for hydroxylation is 1. The third-order valence-electron chi connectivity index (χ3n) is 5.18. The van der Waals surface area contributed by atoms with Crippen molar-refractivity contribution in [3.05, 3.63) is 47.5 Å². The normalized spacial score (nSPS) is 15.7. The molecule has 0 atom stereocenters. The zero-order valence-corrected chi connectivity index (χ0v) is 16.6. The SMILES string of the molecule is C=CCCCC(=O)c1cc(C)nc(/C(C)=C(/CC)OCC2CCCC2)c1. The quantitative estimate of drug-likeness (QED) is 0.215. The van der Waals surface area contributed by atoms with Gasteiger partial charge in [-0.3, -0.25) is 9.78 Å². The number of ketones is 1. The molecule has 0 spiro atoms. The number of carbonyl (C=O) groups is 1. The molecular formula is C23H33NO2. The molecule has 0 N–H and O–H groups in total. The topological polar surface area (TPSA) is 39.2 Å². The van der Waals surface area contributed by atoms with Crippen molar-refractivity contribution in [2.75, 3.05) is 6.61 Å². The van der Waals surface area contributed by atoms with Gasteiger partial charge in [-0.15, -0.1) is 6.58 Å². The number of ether oxygens (including phenoxy) is 1. The van der Waals surface area contributed by atoms with E-state index in [2.05, 4.69) is 25.4 Å². The number of carbonyl (C=O) groups excluding carboxylic acids is 1. The van der Waals surface area contributed by atoms with Crippen molar-refractivity contribution in [1.82, 2.24) is 4.98 Å². The minimum absolute atomic E-state index is 0.177. The van der Waals surface area contributed by atoms with Crippen LogP contribution >= 0.6 is 0 Å². The molecule has 0 aromatic carbocycles. The molecule has 1 fully saturated rings. The van der Waals surface area contributed by atoms with E-state index in [1.54, 1.807) is 0 Å². The lowest BCUT2D eigenvalue weighted by Gasteiger charge is -2.16. The van der Waals surface area contributed by atoms with E-state index >= 15 is 0 Å². The molecule has 1 aliphatic carbocycles. The number of hydrogen-bond acceptors (Lipinski definition) is 3. The fraction of sp³-hybridized carbons (Fsp3) is 0.565. The number of hydrogen-bond donors (Lipinski definition) is 0. The Bertz CT molecular complexity index is 654. The molecular weight excluding hydrogens is 322 g/mol. The van der Waals surface area contributed by atoms with Crippen LogP contribution in [0.3, 0.4) is 0 Å². The van der Waals surface area contributed by atoms with Gasteiger partial charge in [0.2, 0.25) is 0 Å². The van der Waals surface area contributed by atoms with Crippen molar-refractivity contribution in [3.8, 4) is 0 Å². The molecule has 1 heterocycles. The number of allylic oxidation sites excluding steroid dienone is 3. The Hall–Kier alpha value is -1.90. The van der Waals surface area contributed by atoms with Crippen LogP contribution < -0.4 is 0 Å². The van der Waals surface area contributed by atoms with Crippen molar-refractivity contribution >= 4 is 11.4 Å². The second-order valence-corrected chi connectivity index (χ2v) is 7.35. The van der Waals surface area contributed by atoms with Gasteiger partial charge in [0.25, 0.3) is 0 Å². The van der Waals surface area contributed by atoms with Crippen molar-refractivity contribution < 1.29 is 9.53 Å². The highest BCUT2D eigenvalue weighted by molar-refractivity contribution is 5.96. The summed E-state index contributed by atoms with van der Waals surface area (Å²) < 4.78 is 6.15. The second-order valence-electron chi connectivity index (χ2n) is 7.35. The van der Waals surface area contributed by atoms with Crippen LogP contribution in [-0.2, 0) is 4.74 Å². The number of aromatic nitrogens is 1. The van der Waals surface area contributed by atoms with E-state index in [1.165, 1.54) is 25.7 Å². The lowest BCUT2D eigenvalue weighted by molar-refractivity contribution is 0.0980. The maximum absolute atomic E-state index is 12.5. The van der Waals surface area contributed by atoms with Gasteiger partial charge in [0.15, 0.2) is 5.78 Å². The molecule has 3 nitrogen and oxygen atoms in total. The van der Waals surface area contributed by atoms with Gasteiger partial charge in [-0.05, 0) is 57.6 Å². The lowest BCUT2D eigenvalue weighted by Crippen LogP contribution is -2.07. The molecule has 0 aliphatic heterocycles. The largest absolute Gasteiger partial charge is 0.497 e. The summed E-state index contributed by atoms with van der Waals surface area (Å²) in [5, 5.41) is 0. The number of pyridine rings is 1. The van der Waals surface area contributed by atoms with Crippen molar-refractivity contribution in [3.63, 3.8) is 0 Å². The van der Waals surface area contributed by atoms with Gasteiger partial charge in [0, 0.05) is 29.7 Å². The Morgan fingerprint density at radius 3 is 2.73 bits per heavy atom. The first-order valence-corrected chi connectivity index (χ1v) is 10.0. The fourth-order valence-corrected chi connectivity index (χ4v) is 3.59. The van der Waals surface area contributed by atoms with E-state index in [0.29, 0.717) is 12.3 Å². The van der Waals surface area contributed by atoms with Crippen molar-refractivity contribution in [2.45, 2.75) is 72.1 Å². The molecule has 3 heteroatoms. The Labute approximate surface area is 158 Å². The minimum Gasteiger partial charge on any atom is -0.497 e. The van der Waals surface area contributed by atoms with E-state index in [0.717, 1.165) is 54.2 Å². The van der Waals surface area contributed by atoms with Crippen LogP contribution in [0.2, 0.25) is 0 Å². The summed E-state index contributed by atoms with van der Waals surface area (Å²) in [7, 11) is 0. The summed E-state index contributed by atoms with van der Waals surface area (Å²) in [4.78, 5) is 17.1. The molecule has 0 amide bonds. The van der Waals surface area contributed by atoms with Crippen LogP contribution in [0.15, 0.2) is 30.5 Å². The van der Waals surface area contributed by atoms with Crippen LogP contribution in [0.1, 0.15) is 87.0 Å². The van der Waals surface area contributed by atoms with Gasteiger partial charge in [0.05, 0.1) is 12.3 Å². The minimum atomic E-state index is 0.177. The molecule has 26 heavy (non-hydrogen) atoms. The van der Waals surface area contributed by atoms with Gasteiger partial charge in [-0.25, -0.2) is 0 Å². The predicted molar refractivity (Wildman–Crippen MR) is 108 cm³/mol. The first-order chi connectivity index (χ1) is 12.5. The molecule has 2 rings (SSSR count). The van der Waals surface area contributed by atoms with Crippen LogP contribution in [0.25, 0.3) is 5.57 Å². The molecule has 1 saturated carbocycles. The van der Waals surface area contributed by atoms with Gasteiger partial charge in [-0.1, -0.05) is 25.8 Å². The highest BCUT2D eigenvalue weighted by Gasteiger charge is 2.17. The van der Waals surface area contributed by atoms with Gasteiger partial charge in [0.1, 0.15) is 5.76 Å². The number of nitrogens with zero attached hydrogens (tertiary/aromatic N) is 1. The summed E-state index contributed by atoms with van der Waals surface area (Å²) in [5.74, 6) is 1.87. The summed E-state index contributed by atoms with van der Waals surface area (Å²) >= 11 is 0. The standard InChI is InChI=1S/C23H33NO2/c1-5-7-8-13-22(25)20-14-17(3)24-21(15-20)18(4)23(6-2)26-16-19-11-9-10-12-19/h5,14-15,19H,1,6-13,16H2,2-4H3/b23-18-. The van der Waals surface area contributed by atoms with Crippen molar-refractivity contribution in [1.29, 1.82) is 0 Å². The Morgan fingerprint density at radius 2 is 2.08 bits per heavy atom. The van der Waals surface area contributed by atoms with E-state index in [9.17, 15) is 4.79 Å². The summed E-state index contributed by atoms with van der Waals surface area (Å²) in [6.45, 7) is 10.6. The Kier molecular flexibility index (Phi) is 8.08. The molecule has 0 saturated heterocycles. The van der Waals surface area contributed by atoms with E-state index in [4.69, 9.17) is 4.74 Å².